The third kappa shape index (κ3) is 2.88. The molecule has 1 heterocycles. The van der Waals surface area contributed by atoms with Gasteiger partial charge in [0.25, 0.3) is 0 Å². The molecule has 1 aliphatic carbocycles. The van der Waals surface area contributed by atoms with Crippen LogP contribution >= 0.6 is 0 Å². The summed E-state index contributed by atoms with van der Waals surface area (Å²) in [6, 6.07) is 12.6. The van der Waals surface area contributed by atoms with Gasteiger partial charge in [-0.15, -0.1) is 0 Å². The predicted octanol–water partition coefficient (Wildman–Crippen LogP) is 3.36. The Morgan fingerprint density at radius 2 is 2.05 bits per heavy atom. The van der Waals surface area contributed by atoms with Crippen molar-refractivity contribution in [3.05, 3.63) is 53.3 Å². The molecule has 2 aromatic rings. The van der Waals surface area contributed by atoms with E-state index in [4.69, 9.17) is 0 Å². The highest BCUT2D eigenvalue weighted by Gasteiger charge is 2.40. The van der Waals surface area contributed by atoms with Crippen molar-refractivity contribution in [2.24, 2.45) is 7.05 Å². The molecule has 3 heteroatoms. The van der Waals surface area contributed by atoms with Gasteiger partial charge in [0.2, 0.25) is 0 Å². The normalized spacial score (nSPS) is 26.0. The van der Waals surface area contributed by atoms with Crippen molar-refractivity contribution in [2.75, 3.05) is 0 Å². The van der Waals surface area contributed by atoms with Crippen LogP contribution in [0.15, 0.2) is 36.4 Å². The van der Waals surface area contributed by atoms with Gasteiger partial charge in [-0.3, -0.25) is 4.68 Å². The van der Waals surface area contributed by atoms with Gasteiger partial charge in [-0.25, -0.2) is 0 Å². The Hall–Kier alpha value is -1.61. The Morgan fingerprint density at radius 1 is 1.29 bits per heavy atom. The molecule has 1 saturated carbocycles. The highest BCUT2D eigenvalue weighted by molar-refractivity contribution is 5.25. The standard InChI is InChI=1S/C18H24N2O/c1-14-12-16(20(2)19-14)13-18(21)11-7-6-10-17(18)15-8-4-3-5-9-15/h3-5,8-9,12,17,21H,6-7,10-11,13H2,1-2H3. The number of aliphatic hydroxyl groups is 1. The van der Waals surface area contributed by atoms with Gasteiger partial charge in [-0.2, -0.15) is 5.10 Å². The summed E-state index contributed by atoms with van der Waals surface area (Å²) < 4.78 is 1.91. The van der Waals surface area contributed by atoms with Crippen LogP contribution in [-0.2, 0) is 13.5 Å². The minimum Gasteiger partial charge on any atom is -0.389 e. The van der Waals surface area contributed by atoms with E-state index in [1.807, 2.05) is 24.7 Å². The Kier molecular flexibility index (Phi) is 3.85. The van der Waals surface area contributed by atoms with Crippen molar-refractivity contribution in [2.45, 2.75) is 50.5 Å². The molecule has 3 nitrogen and oxygen atoms in total. The summed E-state index contributed by atoms with van der Waals surface area (Å²) in [5.74, 6) is 0.225. The molecule has 1 N–H and O–H groups in total. The molecule has 2 unspecified atom stereocenters. The largest absolute Gasteiger partial charge is 0.389 e. The van der Waals surface area contributed by atoms with E-state index in [-0.39, 0.29) is 5.92 Å². The maximum Gasteiger partial charge on any atom is 0.0771 e. The van der Waals surface area contributed by atoms with E-state index in [1.165, 1.54) is 12.0 Å². The van der Waals surface area contributed by atoms with E-state index in [0.717, 1.165) is 30.7 Å². The molecule has 2 atom stereocenters. The zero-order valence-electron chi connectivity index (χ0n) is 12.9. The van der Waals surface area contributed by atoms with Gasteiger partial charge >= 0.3 is 0 Å². The SMILES string of the molecule is Cc1cc(CC2(O)CCCCC2c2ccccc2)n(C)n1. The molecule has 21 heavy (non-hydrogen) atoms. The van der Waals surface area contributed by atoms with Crippen molar-refractivity contribution in [1.82, 2.24) is 9.78 Å². The lowest BCUT2D eigenvalue weighted by Crippen LogP contribution is -2.41. The number of rotatable bonds is 3. The summed E-state index contributed by atoms with van der Waals surface area (Å²) in [7, 11) is 1.96. The summed E-state index contributed by atoms with van der Waals surface area (Å²) in [6.07, 6.45) is 4.93. The van der Waals surface area contributed by atoms with Gasteiger partial charge < -0.3 is 5.11 Å². The molecular weight excluding hydrogens is 260 g/mol. The highest BCUT2D eigenvalue weighted by Crippen LogP contribution is 2.42. The number of aryl methyl sites for hydroxylation is 2. The molecule has 1 aromatic carbocycles. The van der Waals surface area contributed by atoms with Gasteiger partial charge in [-0.1, -0.05) is 43.2 Å². The van der Waals surface area contributed by atoms with Crippen LogP contribution in [0.4, 0.5) is 0 Å². The molecule has 1 aliphatic rings. The van der Waals surface area contributed by atoms with Crippen molar-refractivity contribution in [1.29, 1.82) is 0 Å². The lowest BCUT2D eigenvalue weighted by Gasteiger charge is -2.40. The lowest BCUT2D eigenvalue weighted by molar-refractivity contribution is -0.0181. The first-order chi connectivity index (χ1) is 10.1. The Bertz CT molecular complexity index is 605. The van der Waals surface area contributed by atoms with Gasteiger partial charge in [0.15, 0.2) is 0 Å². The van der Waals surface area contributed by atoms with Gasteiger partial charge in [0.05, 0.1) is 11.3 Å². The Labute approximate surface area is 126 Å². The fourth-order valence-corrected chi connectivity index (χ4v) is 3.74. The number of nitrogens with zero attached hydrogens (tertiary/aromatic N) is 2. The summed E-state index contributed by atoms with van der Waals surface area (Å²) in [4.78, 5) is 0. The number of hydrogen-bond acceptors (Lipinski definition) is 2. The van der Waals surface area contributed by atoms with E-state index in [0.29, 0.717) is 6.42 Å². The van der Waals surface area contributed by atoms with Crippen molar-refractivity contribution in [3.8, 4) is 0 Å². The molecule has 0 bridgehead atoms. The summed E-state index contributed by atoms with van der Waals surface area (Å²) in [5.41, 5.74) is 2.75. The van der Waals surface area contributed by atoms with Crippen molar-refractivity contribution >= 4 is 0 Å². The average Bonchev–Trinajstić information content (AvgIpc) is 2.77. The first kappa shape index (κ1) is 14.3. The fraction of sp³-hybridized carbons (Fsp3) is 0.500. The molecule has 0 spiro atoms. The number of benzene rings is 1. The second-order valence-electron chi connectivity index (χ2n) is 6.39. The van der Waals surface area contributed by atoms with Crippen molar-refractivity contribution < 1.29 is 5.11 Å². The second kappa shape index (κ2) is 5.64. The first-order valence-electron chi connectivity index (χ1n) is 7.85. The van der Waals surface area contributed by atoms with Crippen LogP contribution in [0.3, 0.4) is 0 Å². The fourth-order valence-electron chi connectivity index (χ4n) is 3.74. The van der Waals surface area contributed by atoms with E-state index >= 15 is 0 Å². The monoisotopic (exact) mass is 284 g/mol. The van der Waals surface area contributed by atoms with Gasteiger partial charge in [0.1, 0.15) is 0 Å². The minimum atomic E-state index is -0.653. The maximum absolute atomic E-state index is 11.3. The van der Waals surface area contributed by atoms with Crippen LogP contribution in [0.1, 0.15) is 48.6 Å². The quantitative estimate of drug-likeness (QED) is 0.938. The molecule has 1 fully saturated rings. The molecule has 0 radical (unpaired) electrons. The second-order valence-corrected chi connectivity index (χ2v) is 6.39. The maximum atomic E-state index is 11.3. The molecule has 0 aliphatic heterocycles. The zero-order valence-corrected chi connectivity index (χ0v) is 12.9. The third-order valence-corrected chi connectivity index (χ3v) is 4.79. The summed E-state index contributed by atoms with van der Waals surface area (Å²) in [5, 5.41) is 15.7. The lowest BCUT2D eigenvalue weighted by atomic mass is 9.70. The zero-order chi connectivity index (χ0) is 14.9. The van der Waals surface area contributed by atoms with Gasteiger partial charge in [0, 0.05) is 25.1 Å². The number of hydrogen-bond donors (Lipinski definition) is 1. The molecule has 0 saturated heterocycles. The van der Waals surface area contributed by atoms with Crippen LogP contribution in [0.5, 0.6) is 0 Å². The van der Waals surface area contributed by atoms with Gasteiger partial charge in [-0.05, 0) is 31.4 Å². The summed E-state index contributed by atoms with van der Waals surface area (Å²) in [6.45, 7) is 2.00. The van der Waals surface area contributed by atoms with E-state index in [2.05, 4.69) is 35.4 Å². The topological polar surface area (TPSA) is 38.0 Å². The van der Waals surface area contributed by atoms with E-state index < -0.39 is 5.60 Å². The Morgan fingerprint density at radius 3 is 2.71 bits per heavy atom. The highest BCUT2D eigenvalue weighted by atomic mass is 16.3. The average molecular weight is 284 g/mol. The molecule has 3 rings (SSSR count). The molecular formula is C18H24N2O. The van der Waals surface area contributed by atoms with E-state index in [9.17, 15) is 5.11 Å². The molecule has 0 amide bonds. The smallest absolute Gasteiger partial charge is 0.0771 e. The minimum absolute atomic E-state index is 0.225. The van der Waals surface area contributed by atoms with Crippen molar-refractivity contribution in [3.63, 3.8) is 0 Å². The molecule has 1 aromatic heterocycles. The van der Waals surface area contributed by atoms with E-state index in [1.54, 1.807) is 0 Å². The molecule has 112 valence electrons. The predicted molar refractivity (Wildman–Crippen MR) is 84.2 cm³/mol. The number of aromatic nitrogens is 2. The van der Waals surface area contributed by atoms with Crippen LogP contribution in [0.25, 0.3) is 0 Å². The third-order valence-electron chi connectivity index (χ3n) is 4.79. The van der Waals surface area contributed by atoms with Crippen LogP contribution in [-0.4, -0.2) is 20.5 Å². The van der Waals surface area contributed by atoms with Crippen LogP contribution in [0, 0.1) is 6.92 Å². The Balaban J connectivity index is 1.90. The van der Waals surface area contributed by atoms with Crippen LogP contribution < -0.4 is 0 Å². The summed E-state index contributed by atoms with van der Waals surface area (Å²) >= 11 is 0. The first-order valence-corrected chi connectivity index (χ1v) is 7.85. The van der Waals surface area contributed by atoms with Crippen LogP contribution in [0.2, 0.25) is 0 Å².